The van der Waals surface area contributed by atoms with Gasteiger partial charge in [-0.2, -0.15) is 0 Å². The normalized spacial score (nSPS) is 14.7. The highest BCUT2D eigenvalue weighted by Crippen LogP contribution is 2.27. The van der Waals surface area contributed by atoms with Gasteiger partial charge in [-0.3, -0.25) is 25.2 Å². The van der Waals surface area contributed by atoms with Crippen molar-refractivity contribution in [2.24, 2.45) is 5.92 Å². The predicted octanol–water partition coefficient (Wildman–Crippen LogP) is 0.624. The molecule has 7 nitrogen and oxygen atoms in total. The van der Waals surface area contributed by atoms with Crippen LogP contribution >= 0.6 is 0 Å². The molecular weight excluding hydrogens is 274 g/mol. The fraction of sp³-hybridized carbons (Fsp3) is 0.500. The smallest absolute Gasteiger partial charge is 0.327 e. The van der Waals surface area contributed by atoms with E-state index < -0.39 is 11.8 Å². The molecule has 0 radical (unpaired) electrons. The van der Waals surface area contributed by atoms with Crippen LogP contribution in [0, 0.1) is 5.92 Å². The van der Waals surface area contributed by atoms with Crippen LogP contribution in [0.15, 0.2) is 22.8 Å². The van der Waals surface area contributed by atoms with Crippen molar-refractivity contribution in [1.82, 2.24) is 16.2 Å². The molecule has 0 spiro atoms. The van der Waals surface area contributed by atoms with Gasteiger partial charge in [0.1, 0.15) is 5.76 Å². The molecule has 1 saturated carbocycles. The lowest BCUT2D eigenvalue weighted by Gasteiger charge is -2.10. The molecule has 0 saturated heterocycles. The summed E-state index contributed by atoms with van der Waals surface area (Å²) in [4.78, 5) is 34.6. The zero-order valence-corrected chi connectivity index (χ0v) is 11.7. The zero-order valence-electron chi connectivity index (χ0n) is 11.7. The van der Waals surface area contributed by atoms with Crippen LogP contribution in [-0.2, 0) is 20.9 Å². The second kappa shape index (κ2) is 7.47. The Morgan fingerprint density at radius 2 is 1.90 bits per heavy atom. The van der Waals surface area contributed by atoms with Crippen molar-refractivity contribution >= 4 is 17.7 Å². The van der Waals surface area contributed by atoms with E-state index >= 15 is 0 Å². The van der Waals surface area contributed by atoms with Gasteiger partial charge in [0.2, 0.25) is 5.91 Å². The minimum absolute atomic E-state index is 0.120. The minimum Gasteiger partial charge on any atom is -0.467 e. The third-order valence-electron chi connectivity index (χ3n) is 3.47. The first-order valence-electron chi connectivity index (χ1n) is 7.04. The lowest BCUT2D eigenvalue weighted by molar-refractivity contribution is -0.141. The van der Waals surface area contributed by atoms with Crippen molar-refractivity contribution in [2.45, 2.75) is 38.6 Å². The van der Waals surface area contributed by atoms with Crippen LogP contribution in [0.3, 0.4) is 0 Å². The average Bonchev–Trinajstić information content (AvgIpc) is 3.15. The Balaban J connectivity index is 1.63. The van der Waals surface area contributed by atoms with E-state index in [1.807, 2.05) is 0 Å². The number of hydrogen-bond acceptors (Lipinski definition) is 4. The van der Waals surface area contributed by atoms with Gasteiger partial charge < -0.3 is 9.73 Å². The Bertz CT molecular complexity index is 492. The zero-order chi connectivity index (χ0) is 15.1. The van der Waals surface area contributed by atoms with E-state index in [2.05, 4.69) is 16.2 Å². The van der Waals surface area contributed by atoms with Gasteiger partial charge in [0.25, 0.3) is 0 Å². The molecule has 1 fully saturated rings. The van der Waals surface area contributed by atoms with Crippen LogP contribution in [0.2, 0.25) is 0 Å². The highest BCUT2D eigenvalue weighted by atomic mass is 16.3. The molecule has 0 aliphatic heterocycles. The predicted molar refractivity (Wildman–Crippen MR) is 73.4 cm³/mol. The molecule has 1 aromatic rings. The lowest BCUT2D eigenvalue weighted by atomic mass is 10.0. The monoisotopic (exact) mass is 293 g/mol. The molecule has 114 valence electrons. The number of nitrogens with one attached hydrogen (secondary N) is 3. The molecule has 3 amide bonds. The van der Waals surface area contributed by atoms with E-state index in [0.29, 0.717) is 18.1 Å². The van der Waals surface area contributed by atoms with E-state index in [4.69, 9.17) is 4.42 Å². The Labute approximate surface area is 122 Å². The number of hydrogen-bond donors (Lipinski definition) is 3. The highest BCUT2D eigenvalue weighted by molar-refractivity contribution is 6.35. The van der Waals surface area contributed by atoms with E-state index in [1.54, 1.807) is 12.1 Å². The Morgan fingerprint density at radius 1 is 1.14 bits per heavy atom. The Hall–Kier alpha value is -2.31. The average molecular weight is 293 g/mol. The lowest BCUT2D eigenvalue weighted by Crippen LogP contribution is -2.48. The summed E-state index contributed by atoms with van der Waals surface area (Å²) in [7, 11) is 0. The van der Waals surface area contributed by atoms with E-state index in [9.17, 15) is 14.4 Å². The van der Waals surface area contributed by atoms with Gasteiger partial charge in [-0.25, -0.2) is 0 Å². The number of hydrazine groups is 1. The van der Waals surface area contributed by atoms with Crippen LogP contribution in [-0.4, -0.2) is 17.7 Å². The maximum atomic E-state index is 11.6. The molecule has 21 heavy (non-hydrogen) atoms. The van der Waals surface area contributed by atoms with Gasteiger partial charge in [0.05, 0.1) is 12.8 Å². The number of carbonyl (C=O) groups excluding carboxylic acids is 3. The Kier molecular flexibility index (Phi) is 5.36. The maximum absolute atomic E-state index is 11.6. The second-order valence-electron chi connectivity index (χ2n) is 5.12. The number of rotatable bonds is 4. The van der Waals surface area contributed by atoms with Crippen molar-refractivity contribution in [1.29, 1.82) is 0 Å². The molecule has 1 aromatic heterocycles. The molecular formula is C14H19N3O4. The number of carbonyl (C=O) groups is 3. The first kappa shape index (κ1) is 15.1. The molecule has 1 aliphatic carbocycles. The minimum atomic E-state index is -0.902. The Morgan fingerprint density at radius 3 is 2.57 bits per heavy atom. The molecule has 1 heterocycles. The third-order valence-corrected chi connectivity index (χ3v) is 3.47. The summed E-state index contributed by atoms with van der Waals surface area (Å²) in [5.74, 6) is -1.07. The van der Waals surface area contributed by atoms with Gasteiger partial charge in [0.15, 0.2) is 0 Å². The summed E-state index contributed by atoms with van der Waals surface area (Å²) in [6.45, 7) is 0.120. The standard InChI is InChI=1S/C14H19N3O4/c18-12(8-10-4-1-2-5-10)16-17-14(20)13(19)15-9-11-6-3-7-21-11/h3,6-7,10H,1-2,4-5,8-9H2,(H,15,19)(H,16,18)(H,17,20). The number of furan rings is 1. The fourth-order valence-electron chi connectivity index (χ4n) is 2.37. The van der Waals surface area contributed by atoms with E-state index in [-0.39, 0.29) is 12.5 Å². The summed E-state index contributed by atoms with van der Waals surface area (Å²) in [6.07, 6.45) is 6.26. The highest BCUT2D eigenvalue weighted by Gasteiger charge is 2.19. The van der Waals surface area contributed by atoms with Crippen LogP contribution in [0.1, 0.15) is 37.9 Å². The molecule has 0 atom stereocenters. The van der Waals surface area contributed by atoms with Gasteiger partial charge in [-0.1, -0.05) is 12.8 Å². The van der Waals surface area contributed by atoms with Crippen molar-refractivity contribution in [3.63, 3.8) is 0 Å². The van der Waals surface area contributed by atoms with Gasteiger partial charge in [-0.05, 0) is 30.9 Å². The first-order chi connectivity index (χ1) is 10.1. The fourth-order valence-corrected chi connectivity index (χ4v) is 2.37. The van der Waals surface area contributed by atoms with Crippen LogP contribution in [0.4, 0.5) is 0 Å². The van der Waals surface area contributed by atoms with Gasteiger partial charge in [-0.15, -0.1) is 0 Å². The summed E-state index contributed by atoms with van der Waals surface area (Å²) in [5.41, 5.74) is 4.37. The molecule has 0 aromatic carbocycles. The van der Waals surface area contributed by atoms with Crippen LogP contribution in [0.5, 0.6) is 0 Å². The van der Waals surface area contributed by atoms with Crippen LogP contribution < -0.4 is 16.2 Å². The van der Waals surface area contributed by atoms with E-state index in [1.165, 1.54) is 6.26 Å². The quantitative estimate of drug-likeness (QED) is 0.559. The second-order valence-corrected chi connectivity index (χ2v) is 5.12. The van der Waals surface area contributed by atoms with Crippen LogP contribution in [0.25, 0.3) is 0 Å². The van der Waals surface area contributed by atoms with Crippen molar-refractivity contribution in [3.8, 4) is 0 Å². The van der Waals surface area contributed by atoms with E-state index in [0.717, 1.165) is 25.7 Å². The molecule has 7 heteroatoms. The number of amides is 3. The summed E-state index contributed by atoms with van der Waals surface area (Å²) < 4.78 is 5.02. The first-order valence-corrected chi connectivity index (χ1v) is 7.04. The SMILES string of the molecule is O=C(CC1CCCC1)NNC(=O)C(=O)NCc1ccco1. The molecule has 0 unspecified atom stereocenters. The largest absolute Gasteiger partial charge is 0.467 e. The van der Waals surface area contributed by atoms with Crippen molar-refractivity contribution in [3.05, 3.63) is 24.2 Å². The summed E-state index contributed by atoms with van der Waals surface area (Å²) >= 11 is 0. The van der Waals surface area contributed by atoms with Gasteiger partial charge >= 0.3 is 11.8 Å². The van der Waals surface area contributed by atoms with Crippen molar-refractivity contribution < 1.29 is 18.8 Å². The maximum Gasteiger partial charge on any atom is 0.327 e. The molecule has 2 rings (SSSR count). The summed E-state index contributed by atoms with van der Waals surface area (Å²) in [6, 6.07) is 3.37. The molecule has 0 bridgehead atoms. The van der Waals surface area contributed by atoms with Gasteiger partial charge in [0, 0.05) is 6.42 Å². The topological polar surface area (TPSA) is 100 Å². The third kappa shape index (κ3) is 4.94. The van der Waals surface area contributed by atoms with Crippen molar-refractivity contribution in [2.75, 3.05) is 0 Å². The summed E-state index contributed by atoms with van der Waals surface area (Å²) in [5, 5.41) is 2.39. The molecule has 3 N–H and O–H groups in total. The molecule has 1 aliphatic rings.